The van der Waals surface area contributed by atoms with Crippen LogP contribution in [0.5, 0.6) is 5.75 Å². The lowest BCUT2D eigenvalue weighted by Gasteiger charge is -2.19. The van der Waals surface area contributed by atoms with Crippen molar-refractivity contribution in [2.45, 2.75) is 18.4 Å². The van der Waals surface area contributed by atoms with Gasteiger partial charge >= 0.3 is 10.1 Å². The van der Waals surface area contributed by atoms with Gasteiger partial charge in [0.15, 0.2) is 11.5 Å². The standard InChI is InChI=1S/C25H21Cl2N3O5S.ClH/c1-14-2-4-15(5-3-14)36(33,34)35-19-9-8-18-22-23(19)25(32)21-17(27)7-6-16(26)20(21)24(22)29-30(18)12-10-28-11-13-31;/h2-9,28,31H,10-13H2,1H3;1H. The highest BCUT2D eigenvalue weighted by atomic mass is 35.5. The maximum atomic E-state index is 13.8. The highest BCUT2D eigenvalue weighted by Crippen LogP contribution is 2.47. The van der Waals surface area contributed by atoms with Gasteiger partial charge < -0.3 is 14.6 Å². The first kappa shape index (κ1) is 27.4. The van der Waals surface area contributed by atoms with Crippen LogP contribution in [0.3, 0.4) is 0 Å². The minimum absolute atomic E-state index is 0. The summed E-state index contributed by atoms with van der Waals surface area (Å²) in [7, 11) is -4.23. The minimum Gasteiger partial charge on any atom is -0.395 e. The monoisotopic (exact) mass is 581 g/mol. The number of nitrogens with zero attached hydrogens (tertiary/aromatic N) is 2. The number of carbonyl (C=O) groups is 1. The molecule has 5 rings (SSSR count). The third-order valence-corrected chi connectivity index (χ3v) is 7.85. The van der Waals surface area contributed by atoms with E-state index in [1.807, 2.05) is 6.92 Å². The van der Waals surface area contributed by atoms with Gasteiger partial charge in [-0.3, -0.25) is 9.48 Å². The van der Waals surface area contributed by atoms with Crippen LogP contribution in [0.1, 0.15) is 21.5 Å². The first-order valence-electron chi connectivity index (χ1n) is 11.1. The summed E-state index contributed by atoms with van der Waals surface area (Å²) in [6.45, 7) is 3.21. The Morgan fingerprint density at radius 1 is 0.973 bits per heavy atom. The number of aliphatic hydroxyl groups is 1. The van der Waals surface area contributed by atoms with E-state index in [2.05, 4.69) is 5.32 Å². The number of hydrogen-bond acceptors (Lipinski definition) is 7. The Bertz CT molecular complexity index is 1620. The zero-order chi connectivity index (χ0) is 25.6. The summed E-state index contributed by atoms with van der Waals surface area (Å²) in [6.07, 6.45) is 0. The quantitative estimate of drug-likeness (QED) is 0.203. The van der Waals surface area contributed by atoms with Crippen molar-refractivity contribution in [3.63, 3.8) is 0 Å². The number of aryl methyl sites for hydroxylation is 1. The summed E-state index contributed by atoms with van der Waals surface area (Å²) in [4.78, 5) is 13.7. The molecule has 4 aromatic rings. The number of carbonyl (C=O) groups excluding carboxylic acids is 1. The predicted octanol–water partition coefficient (Wildman–Crippen LogP) is 4.63. The summed E-state index contributed by atoms with van der Waals surface area (Å²) in [5.74, 6) is -0.614. The zero-order valence-electron chi connectivity index (χ0n) is 19.5. The predicted molar refractivity (Wildman–Crippen MR) is 145 cm³/mol. The average Bonchev–Trinajstić information content (AvgIpc) is 3.21. The molecule has 1 heterocycles. The molecular weight excluding hydrogens is 561 g/mol. The van der Waals surface area contributed by atoms with Gasteiger partial charge in [-0.1, -0.05) is 40.9 Å². The molecule has 0 radical (unpaired) electrons. The number of nitrogens with one attached hydrogen (secondary N) is 1. The van der Waals surface area contributed by atoms with E-state index in [0.29, 0.717) is 46.8 Å². The van der Waals surface area contributed by atoms with Gasteiger partial charge in [-0.25, -0.2) is 0 Å². The van der Waals surface area contributed by atoms with Crippen molar-refractivity contribution in [3.8, 4) is 17.0 Å². The number of aromatic nitrogens is 2. The van der Waals surface area contributed by atoms with Crippen molar-refractivity contribution in [3.05, 3.63) is 75.3 Å². The smallest absolute Gasteiger partial charge is 0.339 e. The molecule has 0 saturated heterocycles. The fourth-order valence-corrected chi connectivity index (χ4v) is 5.71. The first-order chi connectivity index (χ1) is 17.2. The fourth-order valence-electron chi connectivity index (χ4n) is 4.28. The van der Waals surface area contributed by atoms with E-state index in [-0.39, 0.29) is 45.8 Å². The van der Waals surface area contributed by atoms with Gasteiger partial charge in [0.1, 0.15) is 10.6 Å². The largest absolute Gasteiger partial charge is 0.395 e. The molecule has 1 aliphatic rings. The first-order valence-corrected chi connectivity index (χ1v) is 13.3. The third-order valence-electron chi connectivity index (χ3n) is 5.97. The van der Waals surface area contributed by atoms with Crippen LogP contribution in [-0.2, 0) is 16.7 Å². The van der Waals surface area contributed by atoms with Gasteiger partial charge in [0, 0.05) is 24.0 Å². The highest BCUT2D eigenvalue weighted by molar-refractivity contribution is 7.87. The lowest BCUT2D eigenvalue weighted by atomic mass is 9.87. The highest BCUT2D eigenvalue weighted by Gasteiger charge is 2.36. The second-order valence-electron chi connectivity index (χ2n) is 8.34. The molecule has 0 amide bonds. The summed E-state index contributed by atoms with van der Waals surface area (Å²) < 4.78 is 33.4. The number of ketones is 1. The Balaban J connectivity index is 0.00000320. The molecule has 0 atom stereocenters. The van der Waals surface area contributed by atoms with Crippen LogP contribution in [0.2, 0.25) is 10.0 Å². The normalized spacial score (nSPS) is 12.4. The Hall–Kier alpha value is -2.66. The molecule has 0 aliphatic heterocycles. The molecule has 3 aromatic carbocycles. The molecule has 0 bridgehead atoms. The molecule has 8 nitrogen and oxygen atoms in total. The molecule has 1 aromatic heterocycles. The summed E-state index contributed by atoms with van der Waals surface area (Å²) in [6, 6.07) is 12.5. The van der Waals surface area contributed by atoms with Crippen molar-refractivity contribution in [1.29, 1.82) is 0 Å². The van der Waals surface area contributed by atoms with Crippen LogP contribution in [0.25, 0.3) is 22.2 Å². The summed E-state index contributed by atoms with van der Waals surface area (Å²) in [5, 5.41) is 17.7. The molecule has 0 fully saturated rings. The van der Waals surface area contributed by atoms with E-state index in [1.165, 1.54) is 24.3 Å². The minimum atomic E-state index is -4.23. The second-order valence-corrected chi connectivity index (χ2v) is 10.7. The number of halogens is 3. The number of hydrogen-bond donors (Lipinski definition) is 2. The third kappa shape index (κ3) is 4.83. The van der Waals surface area contributed by atoms with Crippen LogP contribution in [0, 0.1) is 6.92 Å². The Kier molecular flexibility index (Phi) is 7.85. The molecule has 0 saturated carbocycles. The topological polar surface area (TPSA) is 111 Å². The SMILES string of the molecule is Cc1ccc(S(=O)(=O)Oc2ccc3c4c(nn3CCNCCO)-c3c(Cl)ccc(Cl)c3C(=O)c24)cc1.Cl. The number of benzene rings is 3. The fraction of sp³-hybridized carbons (Fsp3) is 0.200. The van der Waals surface area contributed by atoms with Crippen molar-refractivity contribution in [2.24, 2.45) is 0 Å². The van der Waals surface area contributed by atoms with E-state index in [0.717, 1.165) is 5.56 Å². The van der Waals surface area contributed by atoms with Crippen LogP contribution in [-0.4, -0.2) is 48.8 Å². The Labute approximate surface area is 229 Å². The van der Waals surface area contributed by atoms with Crippen LogP contribution >= 0.6 is 35.6 Å². The molecule has 1 aliphatic carbocycles. The number of fused-ring (bicyclic) bond motifs is 2. The average molecular weight is 583 g/mol. The van der Waals surface area contributed by atoms with Crippen LogP contribution in [0.4, 0.5) is 0 Å². The van der Waals surface area contributed by atoms with Crippen molar-refractivity contribution >= 4 is 62.4 Å². The van der Waals surface area contributed by atoms with Crippen molar-refractivity contribution < 1.29 is 22.5 Å². The van der Waals surface area contributed by atoms with E-state index < -0.39 is 15.9 Å². The number of aliphatic hydroxyl groups excluding tert-OH is 1. The molecule has 194 valence electrons. The second kappa shape index (κ2) is 10.6. The Morgan fingerprint density at radius 3 is 2.32 bits per heavy atom. The van der Waals surface area contributed by atoms with Gasteiger partial charge in [0.25, 0.3) is 0 Å². The molecular formula is C25H22Cl3N3O5S. The van der Waals surface area contributed by atoms with Gasteiger partial charge in [0.05, 0.1) is 39.8 Å². The van der Waals surface area contributed by atoms with E-state index >= 15 is 0 Å². The molecule has 0 unspecified atom stereocenters. The maximum absolute atomic E-state index is 13.8. The zero-order valence-corrected chi connectivity index (χ0v) is 22.6. The molecule has 37 heavy (non-hydrogen) atoms. The maximum Gasteiger partial charge on any atom is 0.339 e. The molecule has 2 N–H and O–H groups in total. The van der Waals surface area contributed by atoms with Crippen molar-refractivity contribution in [1.82, 2.24) is 15.1 Å². The lowest BCUT2D eigenvalue weighted by Crippen LogP contribution is -2.23. The van der Waals surface area contributed by atoms with Crippen molar-refractivity contribution in [2.75, 3.05) is 19.7 Å². The Morgan fingerprint density at radius 2 is 1.65 bits per heavy atom. The summed E-state index contributed by atoms with van der Waals surface area (Å²) in [5.41, 5.74) is 2.53. The van der Waals surface area contributed by atoms with Crippen LogP contribution in [0.15, 0.2) is 53.4 Å². The summed E-state index contributed by atoms with van der Waals surface area (Å²) >= 11 is 12.9. The van der Waals surface area contributed by atoms with Gasteiger partial charge in [-0.05, 0) is 43.3 Å². The van der Waals surface area contributed by atoms with Gasteiger partial charge in [-0.2, -0.15) is 13.5 Å². The van der Waals surface area contributed by atoms with E-state index in [1.54, 1.807) is 28.9 Å². The van der Waals surface area contributed by atoms with Crippen LogP contribution < -0.4 is 9.50 Å². The van der Waals surface area contributed by atoms with E-state index in [4.69, 9.17) is 37.6 Å². The number of rotatable bonds is 8. The van der Waals surface area contributed by atoms with Gasteiger partial charge in [-0.15, -0.1) is 12.4 Å². The molecule has 0 spiro atoms. The molecule has 12 heteroatoms. The lowest BCUT2D eigenvalue weighted by molar-refractivity contribution is 0.103. The van der Waals surface area contributed by atoms with Gasteiger partial charge in [0.2, 0.25) is 0 Å². The van der Waals surface area contributed by atoms with E-state index in [9.17, 15) is 13.2 Å².